The zero-order chi connectivity index (χ0) is 14.7. The molecule has 0 atom stereocenters. The quantitative estimate of drug-likeness (QED) is 0.898. The minimum atomic E-state index is -0.497. The van der Waals surface area contributed by atoms with Crippen LogP contribution in [0.2, 0.25) is 0 Å². The van der Waals surface area contributed by atoms with E-state index in [0.717, 1.165) is 0 Å². The van der Waals surface area contributed by atoms with E-state index >= 15 is 0 Å². The molecule has 0 heterocycles. The number of phenolic OH excluding ortho intramolecular Hbond substituents is 1. The number of carbonyl (C=O) groups is 1. The second kappa shape index (κ2) is 5.92. The van der Waals surface area contributed by atoms with Crippen molar-refractivity contribution in [2.75, 3.05) is 12.4 Å². The van der Waals surface area contributed by atoms with Gasteiger partial charge in [0.15, 0.2) is 0 Å². The van der Waals surface area contributed by atoms with Gasteiger partial charge in [-0.25, -0.2) is 4.39 Å². The van der Waals surface area contributed by atoms with E-state index in [0.29, 0.717) is 11.4 Å². The standard InChI is InChI=1S/C14H11BrFNO3/c1-20-9-3-4-10(13(18)7-9)14(19)17-8-2-5-12(16)11(15)6-8/h2-7,18H,1H3,(H,17,19). The number of rotatable bonds is 3. The van der Waals surface area contributed by atoms with E-state index in [1.54, 1.807) is 6.07 Å². The van der Waals surface area contributed by atoms with Crippen LogP contribution >= 0.6 is 15.9 Å². The van der Waals surface area contributed by atoms with Gasteiger partial charge in [0.25, 0.3) is 5.91 Å². The van der Waals surface area contributed by atoms with Crippen LogP contribution in [0.15, 0.2) is 40.9 Å². The Morgan fingerprint density at radius 2 is 2.05 bits per heavy atom. The number of anilines is 1. The molecular weight excluding hydrogens is 329 g/mol. The third kappa shape index (κ3) is 3.08. The molecule has 1 amide bonds. The summed E-state index contributed by atoms with van der Waals surface area (Å²) in [6, 6.07) is 8.45. The van der Waals surface area contributed by atoms with Crippen molar-refractivity contribution < 1.29 is 19.0 Å². The number of carbonyl (C=O) groups excluding carboxylic acids is 1. The lowest BCUT2D eigenvalue weighted by atomic mass is 10.1. The Hall–Kier alpha value is -2.08. The summed E-state index contributed by atoms with van der Waals surface area (Å²) in [5.41, 5.74) is 0.518. The minimum Gasteiger partial charge on any atom is -0.507 e. The Kier molecular flexibility index (Phi) is 4.24. The Morgan fingerprint density at radius 3 is 2.65 bits per heavy atom. The van der Waals surface area contributed by atoms with Gasteiger partial charge in [-0.15, -0.1) is 0 Å². The maximum Gasteiger partial charge on any atom is 0.259 e. The second-order valence-corrected chi connectivity index (χ2v) is 4.82. The summed E-state index contributed by atoms with van der Waals surface area (Å²) in [6.07, 6.45) is 0. The Labute approximate surface area is 123 Å². The van der Waals surface area contributed by atoms with Gasteiger partial charge in [-0.1, -0.05) is 0 Å². The molecule has 0 radical (unpaired) electrons. The summed E-state index contributed by atoms with van der Waals surface area (Å²) >= 11 is 3.03. The fourth-order valence-electron chi connectivity index (χ4n) is 1.60. The van der Waals surface area contributed by atoms with Crippen LogP contribution in [0.25, 0.3) is 0 Å². The van der Waals surface area contributed by atoms with Gasteiger partial charge >= 0.3 is 0 Å². The molecule has 0 aliphatic carbocycles. The van der Waals surface area contributed by atoms with Gasteiger partial charge in [0.1, 0.15) is 17.3 Å². The minimum absolute atomic E-state index is 0.103. The van der Waals surface area contributed by atoms with Crippen molar-refractivity contribution in [3.05, 3.63) is 52.3 Å². The largest absolute Gasteiger partial charge is 0.507 e. The number of hydrogen-bond donors (Lipinski definition) is 2. The molecule has 0 saturated carbocycles. The molecule has 0 unspecified atom stereocenters. The molecule has 2 aromatic rings. The van der Waals surface area contributed by atoms with E-state index in [-0.39, 0.29) is 15.8 Å². The van der Waals surface area contributed by atoms with Crippen LogP contribution in [0.3, 0.4) is 0 Å². The first-order valence-corrected chi connectivity index (χ1v) is 6.44. The van der Waals surface area contributed by atoms with Gasteiger partial charge in [0, 0.05) is 11.8 Å². The lowest BCUT2D eigenvalue weighted by molar-refractivity contribution is 0.102. The second-order valence-electron chi connectivity index (χ2n) is 3.97. The molecule has 0 saturated heterocycles. The lowest BCUT2D eigenvalue weighted by Crippen LogP contribution is -2.12. The van der Waals surface area contributed by atoms with Crippen molar-refractivity contribution >= 4 is 27.5 Å². The molecule has 2 rings (SSSR count). The maximum absolute atomic E-state index is 13.1. The summed E-state index contributed by atoms with van der Waals surface area (Å²) in [5, 5.41) is 12.3. The average Bonchev–Trinajstić information content (AvgIpc) is 2.42. The predicted molar refractivity (Wildman–Crippen MR) is 76.7 cm³/mol. The Bertz CT molecular complexity index is 661. The molecule has 2 N–H and O–H groups in total. The smallest absolute Gasteiger partial charge is 0.259 e. The molecule has 0 aliphatic heterocycles. The third-order valence-corrected chi connectivity index (χ3v) is 3.23. The first-order chi connectivity index (χ1) is 9.51. The van der Waals surface area contributed by atoms with Crippen molar-refractivity contribution in [3.8, 4) is 11.5 Å². The lowest BCUT2D eigenvalue weighted by Gasteiger charge is -2.08. The van der Waals surface area contributed by atoms with E-state index in [1.807, 2.05) is 0 Å². The van der Waals surface area contributed by atoms with Crippen LogP contribution in [-0.2, 0) is 0 Å². The van der Waals surface area contributed by atoms with E-state index in [2.05, 4.69) is 21.2 Å². The van der Waals surface area contributed by atoms with E-state index in [4.69, 9.17) is 4.74 Å². The van der Waals surface area contributed by atoms with Gasteiger partial charge in [-0.3, -0.25) is 4.79 Å². The molecule has 20 heavy (non-hydrogen) atoms. The topological polar surface area (TPSA) is 58.6 Å². The Morgan fingerprint density at radius 1 is 1.30 bits per heavy atom. The van der Waals surface area contributed by atoms with Gasteiger partial charge in [-0.2, -0.15) is 0 Å². The van der Waals surface area contributed by atoms with Gasteiger partial charge < -0.3 is 15.2 Å². The summed E-state index contributed by atoms with van der Waals surface area (Å²) in [4.78, 5) is 12.0. The van der Waals surface area contributed by atoms with Crippen LogP contribution in [0.5, 0.6) is 11.5 Å². The van der Waals surface area contributed by atoms with Gasteiger partial charge in [0.2, 0.25) is 0 Å². The molecule has 104 valence electrons. The SMILES string of the molecule is COc1ccc(C(=O)Nc2ccc(F)c(Br)c2)c(O)c1. The summed E-state index contributed by atoms with van der Waals surface area (Å²) < 4.78 is 18.3. The number of amides is 1. The van der Waals surface area contributed by atoms with Crippen molar-refractivity contribution in [2.24, 2.45) is 0 Å². The maximum atomic E-state index is 13.1. The molecule has 0 fully saturated rings. The van der Waals surface area contributed by atoms with E-state index in [9.17, 15) is 14.3 Å². The Balaban J connectivity index is 2.21. The number of aromatic hydroxyl groups is 1. The number of phenols is 1. The monoisotopic (exact) mass is 339 g/mol. The van der Waals surface area contributed by atoms with Crippen molar-refractivity contribution in [2.45, 2.75) is 0 Å². The first-order valence-electron chi connectivity index (χ1n) is 5.64. The predicted octanol–water partition coefficient (Wildman–Crippen LogP) is 3.55. The molecule has 0 aromatic heterocycles. The summed E-state index contributed by atoms with van der Waals surface area (Å²) in [5.74, 6) is -0.662. The van der Waals surface area contributed by atoms with Crippen LogP contribution in [0, 0.1) is 5.82 Å². The zero-order valence-electron chi connectivity index (χ0n) is 10.5. The highest BCUT2D eigenvalue weighted by molar-refractivity contribution is 9.10. The van der Waals surface area contributed by atoms with E-state index < -0.39 is 11.7 Å². The number of benzene rings is 2. The number of methoxy groups -OCH3 is 1. The van der Waals surface area contributed by atoms with Gasteiger partial charge in [0.05, 0.1) is 17.1 Å². The molecule has 4 nitrogen and oxygen atoms in total. The summed E-state index contributed by atoms with van der Waals surface area (Å²) in [6.45, 7) is 0. The third-order valence-electron chi connectivity index (χ3n) is 2.63. The molecule has 0 spiro atoms. The fraction of sp³-hybridized carbons (Fsp3) is 0.0714. The molecule has 2 aromatic carbocycles. The highest BCUT2D eigenvalue weighted by atomic mass is 79.9. The molecule has 0 bridgehead atoms. The van der Waals surface area contributed by atoms with Gasteiger partial charge in [-0.05, 0) is 46.3 Å². The number of nitrogens with one attached hydrogen (secondary N) is 1. The highest BCUT2D eigenvalue weighted by Crippen LogP contribution is 2.25. The van der Waals surface area contributed by atoms with Crippen LogP contribution in [0.1, 0.15) is 10.4 Å². The number of hydrogen-bond acceptors (Lipinski definition) is 3. The first kappa shape index (κ1) is 14.3. The summed E-state index contributed by atoms with van der Waals surface area (Å²) in [7, 11) is 1.46. The number of halogens is 2. The van der Waals surface area contributed by atoms with Crippen LogP contribution in [-0.4, -0.2) is 18.1 Å². The van der Waals surface area contributed by atoms with Crippen molar-refractivity contribution in [1.29, 1.82) is 0 Å². The van der Waals surface area contributed by atoms with Crippen molar-refractivity contribution in [3.63, 3.8) is 0 Å². The highest BCUT2D eigenvalue weighted by Gasteiger charge is 2.12. The molecule has 0 aliphatic rings. The average molecular weight is 340 g/mol. The normalized spacial score (nSPS) is 10.2. The zero-order valence-corrected chi connectivity index (χ0v) is 12.1. The fourth-order valence-corrected chi connectivity index (χ4v) is 1.98. The van der Waals surface area contributed by atoms with Crippen LogP contribution < -0.4 is 10.1 Å². The number of ether oxygens (including phenoxy) is 1. The van der Waals surface area contributed by atoms with Crippen molar-refractivity contribution in [1.82, 2.24) is 0 Å². The van der Waals surface area contributed by atoms with Crippen LogP contribution in [0.4, 0.5) is 10.1 Å². The molecular formula is C14H11BrFNO3. The molecule has 6 heteroatoms. The van der Waals surface area contributed by atoms with E-state index in [1.165, 1.54) is 37.4 Å².